The third-order valence-electron chi connectivity index (χ3n) is 5.67. The van der Waals surface area contributed by atoms with Crippen LogP contribution in [0, 0.1) is 35.5 Å². The molecule has 1 fully saturated rings. The van der Waals surface area contributed by atoms with E-state index in [1.54, 1.807) is 11.1 Å². The van der Waals surface area contributed by atoms with Crippen molar-refractivity contribution >= 4 is 23.2 Å². The van der Waals surface area contributed by atoms with E-state index in [9.17, 15) is 10.5 Å². The number of nitrogens with zero attached hydrogens (tertiary/aromatic N) is 5. The number of rotatable bonds is 4. The first-order chi connectivity index (χ1) is 14.6. The van der Waals surface area contributed by atoms with Gasteiger partial charge in [0.15, 0.2) is 0 Å². The minimum absolute atomic E-state index is 0.365. The molecule has 0 aliphatic carbocycles. The van der Waals surface area contributed by atoms with Crippen molar-refractivity contribution in [2.24, 2.45) is 16.8 Å². The van der Waals surface area contributed by atoms with Gasteiger partial charge in [0.2, 0.25) is 0 Å². The molecule has 6 heteroatoms. The number of nitrogens with two attached hydrogens (primary N) is 1. The zero-order chi connectivity index (χ0) is 21.1. The summed E-state index contributed by atoms with van der Waals surface area (Å²) in [5.74, 6) is -0.680. The molecule has 2 heterocycles. The van der Waals surface area contributed by atoms with E-state index in [1.807, 2.05) is 36.4 Å². The smallest absolute Gasteiger partial charge is 0.127 e. The average Bonchev–Trinajstić information content (AvgIpc) is 3.41. The Labute approximate surface area is 177 Å². The Morgan fingerprint density at radius 1 is 1.13 bits per heavy atom. The van der Waals surface area contributed by atoms with E-state index >= 15 is 0 Å². The van der Waals surface area contributed by atoms with Crippen molar-refractivity contribution in [3.63, 3.8) is 0 Å². The Morgan fingerprint density at radius 2 is 1.87 bits per heavy atom. The number of hydrogen-bond donors (Lipinski definition) is 1. The Kier molecular flexibility index (Phi) is 5.52. The van der Waals surface area contributed by atoms with Crippen LogP contribution in [0.5, 0.6) is 0 Å². The van der Waals surface area contributed by atoms with Gasteiger partial charge in [-0.25, -0.2) is 5.01 Å². The highest BCUT2D eigenvalue weighted by molar-refractivity contribution is 6.11. The quantitative estimate of drug-likeness (QED) is 0.794. The largest absolute Gasteiger partial charge is 0.371 e. The van der Waals surface area contributed by atoms with E-state index in [4.69, 9.17) is 5.73 Å². The van der Waals surface area contributed by atoms with Gasteiger partial charge in [-0.2, -0.15) is 15.6 Å². The Morgan fingerprint density at radius 3 is 2.50 bits per heavy atom. The molecule has 0 unspecified atom stereocenters. The number of anilines is 2. The second-order valence-corrected chi connectivity index (χ2v) is 7.67. The summed E-state index contributed by atoms with van der Waals surface area (Å²) in [7, 11) is 0. The first kappa shape index (κ1) is 19.7. The predicted molar refractivity (Wildman–Crippen MR) is 120 cm³/mol. The summed E-state index contributed by atoms with van der Waals surface area (Å²) in [6.07, 6.45) is 3.62. The lowest BCUT2D eigenvalue weighted by atomic mass is 9.95. The first-order valence-electron chi connectivity index (χ1n) is 10.2. The second kappa shape index (κ2) is 8.41. The highest BCUT2D eigenvalue weighted by Crippen LogP contribution is 2.30. The van der Waals surface area contributed by atoms with Crippen molar-refractivity contribution in [1.82, 2.24) is 0 Å². The van der Waals surface area contributed by atoms with Crippen molar-refractivity contribution in [2.75, 3.05) is 23.0 Å². The normalized spacial score (nSPS) is 21.3. The van der Waals surface area contributed by atoms with Crippen LogP contribution in [-0.2, 0) is 0 Å². The summed E-state index contributed by atoms with van der Waals surface area (Å²) in [6.45, 7) is 4.27. The maximum absolute atomic E-state index is 9.82. The molecule has 2 aromatic carbocycles. The van der Waals surface area contributed by atoms with Gasteiger partial charge in [0.25, 0.3) is 0 Å². The molecular formula is C24H24N6. The van der Waals surface area contributed by atoms with E-state index in [2.05, 4.69) is 41.2 Å². The molecule has 0 radical (unpaired) electrons. The van der Waals surface area contributed by atoms with Gasteiger partial charge >= 0.3 is 0 Å². The average molecular weight is 396 g/mol. The van der Waals surface area contributed by atoms with Gasteiger partial charge in [-0.1, -0.05) is 24.3 Å². The zero-order valence-electron chi connectivity index (χ0n) is 17.0. The predicted octanol–water partition coefficient (Wildman–Crippen LogP) is 3.80. The van der Waals surface area contributed by atoms with Crippen LogP contribution in [0.25, 0.3) is 6.08 Å². The molecule has 2 aliphatic heterocycles. The van der Waals surface area contributed by atoms with Gasteiger partial charge in [0.05, 0.1) is 23.0 Å². The number of benzene rings is 2. The van der Waals surface area contributed by atoms with Gasteiger partial charge in [0.1, 0.15) is 18.2 Å². The summed E-state index contributed by atoms with van der Waals surface area (Å²) in [5, 5.41) is 25.7. The van der Waals surface area contributed by atoms with Crippen LogP contribution in [0.4, 0.5) is 11.4 Å². The van der Waals surface area contributed by atoms with Crippen LogP contribution >= 0.6 is 0 Å². The van der Waals surface area contributed by atoms with E-state index in [0.29, 0.717) is 11.3 Å². The number of para-hydroxylation sites is 1. The third kappa shape index (κ3) is 3.66. The molecule has 0 saturated carbocycles. The van der Waals surface area contributed by atoms with Gasteiger partial charge < -0.3 is 10.6 Å². The topological polar surface area (TPSA) is 92.4 Å². The SMILES string of the molecule is Cc1cc(/C=C(\C#N)C2=NN(c3ccccc3)[C@@H](N)[C@H]2C#N)ccc1N1CCCC1. The summed E-state index contributed by atoms with van der Waals surface area (Å²) >= 11 is 0. The van der Waals surface area contributed by atoms with Gasteiger partial charge in [-0.3, -0.25) is 0 Å². The fraction of sp³-hybridized carbons (Fsp3) is 0.292. The zero-order valence-corrected chi connectivity index (χ0v) is 17.0. The van der Waals surface area contributed by atoms with Crippen molar-refractivity contribution in [3.05, 3.63) is 65.2 Å². The Hall–Kier alpha value is -3.61. The molecule has 150 valence electrons. The van der Waals surface area contributed by atoms with E-state index < -0.39 is 12.1 Å². The summed E-state index contributed by atoms with van der Waals surface area (Å²) in [5.41, 5.74) is 11.2. The molecule has 6 nitrogen and oxygen atoms in total. The van der Waals surface area contributed by atoms with Gasteiger partial charge in [0, 0.05) is 18.8 Å². The maximum Gasteiger partial charge on any atom is 0.127 e. The molecule has 0 aromatic heterocycles. The van der Waals surface area contributed by atoms with Crippen molar-refractivity contribution in [1.29, 1.82) is 10.5 Å². The molecular weight excluding hydrogens is 372 g/mol. The number of allylic oxidation sites excluding steroid dienone is 1. The first-order valence-corrected chi connectivity index (χ1v) is 10.2. The van der Waals surface area contributed by atoms with Crippen molar-refractivity contribution in [2.45, 2.75) is 25.9 Å². The van der Waals surface area contributed by atoms with Crippen LogP contribution in [0.3, 0.4) is 0 Å². The minimum Gasteiger partial charge on any atom is -0.371 e. The number of nitriles is 2. The van der Waals surface area contributed by atoms with E-state index in [1.165, 1.54) is 24.1 Å². The summed E-state index contributed by atoms with van der Waals surface area (Å²) < 4.78 is 0. The molecule has 2 aliphatic rings. The fourth-order valence-electron chi connectivity index (χ4n) is 4.13. The lowest BCUT2D eigenvalue weighted by Gasteiger charge is -2.21. The van der Waals surface area contributed by atoms with Crippen molar-refractivity contribution in [3.8, 4) is 12.1 Å². The maximum atomic E-state index is 9.82. The van der Waals surface area contributed by atoms with Crippen LogP contribution < -0.4 is 15.6 Å². The molecule has 1 saturated heterocycles. The fourth-order valence-corrected chi connectivity index (χ4v) is 4.13. The highest BCUT2D eigenvalue weighted by atomic mass is 15.5. The lowest BCUT2D eigenvalue weighted by molar-refractivity contribution is 0.624. The lowest BCUT2D eigenvalue weighted by Crippen LogP contribution is -2.40. The van der Waals surface area contributed by atoms with Crippen molar-refractivity contribution < 1.29 is 0 Å². The van der Waals surface area contributed by atoms with Gasteiger partial charge in [-0.05, 0) is 61.2 Å². The molecule has 0 spiro atoms. The minimum atomic E-state index is -0.680. The number of hydrazone groups is 1. The highest BCUT2D eigenvalue weighted by Gasteiger charge is 2.37. The second-order valence-electron chi connectivity index (χ2n) is 7.67. The molecule has 2 atom stereocenters. The van der Waals surface area contributed by atoms with Crippen LogP contribution in [0.15, 0.2) is 59.2 Å². The van der Waals surface area contributed by atoms with Crippen LogP contribution in [-0.4, -0.2) is 25.0 Å². The third-order valence-corrected chi connectivity index (χ3v) is 5.67. The number of hydrogen-bond acceptors (Lipinski definition) is 6. The summed E-state index contributed by atoms with van der Waals surface area (Å²) in [4.78, 5) is 2.40. The summed E-state index contributed by atoms with van der Waals surface area (Å²) in [6, 6.07) is 20.1. The van der Waals surface area contributed by atoms with E-state index in [-0.39, 0.29) is 0 Å². The molecule has 2 N–H and O–H groups in total. The Bertz CT molecular complexity index is 1070. The molecule has 2 aromatic rings. The monoisotopic (exact) mass is 396 g/mol. The van der Waals surface area contributed by atoms with Crippen LogP contribution in [0.1, 0.15) is 24.0 Å². The standard InChI is InChI=1S/C24H24N6/c1-17-13-18(9-10-22(17)29-11-5-6-12-29)14-19(15-25)23-21(16-26)24(27)30(28-23)20-7-3-2-4-8-20/h2-4,7-10,13-14,21,24H,5-6,11-12,27H2,1H3/b19-14+/t21-,24+/m0/s1. The number of aryl methyl sites for hydroxylation is 1. The van der Waals surface area contributed by atoms with Gasteiger partial charge in [-0.15, -0.1) is 0 Å². The molecule has 30 heavy (non-hydrogen) atoms. The molecule has 0 amide bonds. The van der Waals surface area contributed by atoms with E-state index in [0.717, 1.165) is 24.3 Å². The Balaban J connectivity index is 1.67. The van der Waals surface area contributed by atoms with Crippen LogP contribution in [0.2, 0.25) is 0 Å². The molecule has 4 rings (SSSR count). The molecule has 0 bridgehead atoms.